The minimum absolute atomic E-state index is 0.326. The Balaban J connectivity index is 2.19. The Bertz CT molecular complexity index is 720. The summed E-state index contributed by atoms with van der Waals surface area (Å²) in [5.74, 6) is 0.429. The highest BCUT2D eigenvalue weighted by Crippen LogP contribution is 2.28. The fraction of sp³-hybridized carbons (Fsp3) is 0.600. The van der Waals surface area contributed by atoms with E-state index in [1.54, 1.807) is 11.6 Å². The molecule has 1 N–H and O–H groups in total. The highest BCUT2D eigenvalue weighted by Gasteiger charge is 2.26. The number of nitrogens with zero attached hydrogens (tertiary/aromatic N) is 5. The van der Waals surface area contributed by atoms with E-state index < -0.39 is 0 Å². The van der Waals surface area contributed by atoms with Crippen molar-refractivity contribution in [1.29, 1.82) is 0 Å². The molecule has 1 saturated heterocycles. The van der Waals surface area contributed by atoms with Crippen LogP contribution < -0.4 is 10.2 Å². The van der Waals surface area contributed by atoms with Gasteiger partial charge < -0.3 is 15.0 Å². The van der Waals surface area contributed by atoms with Gasteiger partial charge in [0.25, 0.3) is 0 Å². The maximum atomic E-state index is 12.4. The van der Waals surface area contributed by atoms with Crippen LogP contribution in [0, 0.1) is 6.92 Å². The van der Waals surface area contributed by atoms with E-state index in [-0.39, 0.29) is 5.97 Å². The first-order valence-corrected chi connectivity index (χ1v) is 8.03. The fourth-order valence-electron chi connectivity index (χ4n) is 2.92. The summed E-state index contributed by atoms with van der Waals surface area (Å²) in [6, 6.07) is 0. The predicted molar refractivity (Wildman–Crippen MR) is 86.8 cm³/mol. The number of rotatable bonds is 4. The largest absolute Gasteiger partial charge is 0.462 e. The minimum atomic E-state index is -0.369. The number of piperazine rings is 1. The second-order valence-corrected chi connectivity index (χ2v) is 5.46. The molecule has 8 heteroatoms. The number of hydrogen-bond acceptors (Lipinski definition) is 7. The second kappa shape index (κ2) is 6.49. The van der Waals surface area contributed by atoms with Gasteiger partial charge in [-0.25, -0.2) is 14.5 Å². The van der Waals surface area contributed by atoms with Gasteiger partial charge in [0.05, 0.1) is 12.3 Å². The summed E-state index contributed by atoms with van der Waals surface area (Å²) in [6.07, 6.45) is 0. The molecule has 2 aromatic heterocycles. The molecule has 124 valence electrons. The molecule has 0 amide bonds. The van der Waals surface area contributed by atoms with E-state index >= 15 is 0 Å². The number of hydrogen-bond donors (Lipinski definition) is 1. The number of carbonyl (C=O) groups is 1. The lowest BCUT2D eigenvalue weighted by atomic mass is 10.1. The third-order valence-corrected chi connectivity index (χ3v) is 4.01. The fourth-order valence-corrected chi connectivity index (χ4v) is 2.92. The van der Waals surface area contributed by atoms with Crippen LogP contribution in [-0.2, 0) is 11.3 Å². The van der Waals surface area contributed by atoms with Gasteiger partial charge in [0.2, 0.25) is 0 Å². The van der Waals surface area contributed by atoms with Gasteiger partial charge in [-0.2, -0.15) is 0 Å². The first-order chi connectivity index (χ1) is 11.2. The van der Waals surface area contributed by atoms with Crippen molar-refractivity contribution >= 4 is 22.8 Å². The third-order valence-electron chi connectivity index (χ3n) is 4.01. The van der Waals surface area contributed by atoms with Crippen molar-refractivity contribution < 1.29 is 9.53 Å². The quantitative estimate of drug-likeness (QED) is 0.832. The zero-order chi connectivity index (χ0) is 16.4. The molecule has 8 nitrogen and oxygen atoms in total. The Hall–Kier alpha value is -2.22. The summed E-state index contributed by atoms with van der Waals surface area (Å²) in [6.45, 7) is 10.1. The molecule has 1 fully saturated rings. The van der Waals surface area contributed by atoms with E-state index in [2.05, 4.69) is 25.5 Å². The number of anilines is 1. The summed E-state index contributed by atoms with van der Waals surface area (Å²) < 4.78 is 6.94. The summed E-state index contributed by atoms with van der Waals surface area (Å²) in [5.41, 5.74) is 2.50. The molecule has 1 aliphatic heterocycles. The zero-order valence-corrected chi connectivity index (χ0v) is 13.8. The van der Waals surface area contributed by atoms with E-state index in [0.29, 0.717) is 35.4 Å². The number of fused-ring (bicyclic) bond motifs is 1. The van der Waals surface area contributed by atoms with Crippen LogP contribution in [0.25, 0.3) is 11.0 Å². The first-order valence-electron chi connectivity index (χ1n) is 8.03. The molecule has 0 aliphatic carbocycles. The molecule has 0 atom stereocenters. The SMILES string of the molecule is CCOC(=O)c1c(C)nc(N2CCNCC2)c2nnn(CC)c12. The number of carbonyl (C=O) groups excluding carboxylic acids is 1. The van der Waals surface area contributed by atoms with Gasteiger partial charge in [0.15, 0.2) is 11.3 Å². The molecule has 0 unspecified atom stereocenters. The van der Waals surface area contributed by atoms with Crippen molar-refractivity contribution in [2.75, 3.05) is 37.7 Å². The maximum absolute atomic E-state index is 12.4. The lowest BCUT2D eigenvalue weighted by molar-refractivity contribution is 0.0527. The van der Waals surface area contributed by atoms with E-state index in [1.165, 1.54) is 0 Å². The average Bonchev–Trinajstić information content (AvgIpc) is 2.98. The number of aromatic nitrogens is 4. The van der Waals surface area contributed by atoms with Crippen molar-refractivity contribution in [3.05, 3.63) is 11.3 Å². The third kappa shape index (κ3) is 2.74. The molecule has 2 aromatic rings. The number of esters is 1. The van der Waals surface area contributed by atoms with Crippen molar-refractivity contribution in [3.8, 4) is 0 Å². The monoisotopic (exact) mass is 318 g/mol. The molecule has 0 bridgehead atoms. The number of pyridine rings is 1. The van der Waals surface area contributed by atoms with Gasteiger partial charge in [0, 0.05) is 32.7 Å². The van der Waals surface area contributed by atoms with Crippen molar-refractivity contribution in [1.82, 2.24) is 25.3 Å². The van der Waals surface area contributed by atoms with Gasteiger partial charge in [-0.1, -0.05) is 5.21 Å². The van der Waals surface area contributed by atoms with Crippen LogP contribution in [0.5, 0.6) is 0 Å². The van der Waals surface area contributed by atoms with Gasteiger partial charge in [-0.05, 0) is 20.8 Å². The summed E-state index contributed by atoms with van der Waals surface area (Å²) in [4.78, 5) is 19.2. The number of nitrogens with one attached hydrogen (secondary N) is 1. The van der Waals surface area contributed by atoms with Crippen LogP contribution in [0.15, 0.2) is 0 Å². The zero-order valence-electron chi connectivity index (χ0n) is 13.8. The standard InChI is InChI=1S/C15H22N6O2/c1-4-21-13-11(15(22)23-5-2)10(3)17-14(12(13)18-19-21)20-8-6-16-7-9-20/h16H,4-9H2,1-3H3. The van der Waals surface area contributed by atoms with Crippen LogP contribution in [0.3, 0.4) is 0 Å². The summed E-state index contributed by atoms with van der Waals surface area (Å²) in [5, 5.41) is 11.8. The second-order valence-electron chi connectivity index (χ2n) is 5.46. The first kappa shape index (κ1) is 15.7. The lowest BCUT2D eigenvalue weighted by Crippen LogP contribution is -2.44. The van der Waals surface area contributed by atoms with Crippen molar-refractivity contribution in [2.24, 2.45) is 0 Å². The normalized spacial score (nSPS) is 15.2. The highest BCUT2D eigenvalue weighted by atomic mass is 16.5. The smallest absolute Gasteiger partial charge is 0.342 e. The van der Waals surface area contributed by atoms with E-state index in [4.69, 9.17) is 4.74 Å². The Kier molecular flexibility index (Phi) is 4.42. The van der Waals surface area contributed by atoms with E-state index in [0.717, 1.165) is 32.0 Å². The summed E-state index contributed by atoms with van der Waals surface area (Å²) in [7, 11) is 0. The van der Waals surface area contributed by atoms with Gasteiger partial charge in [-0.15, -0.1) is 5.10 Å². The predicted octanol–water partition coefficient (Wildman–Crippen LogP) is 0.741. The average molecular weight is 318 g/mol. The van der Waals surface area contributed by atoms with Gasteiger partial charge in [-0.3, -0.25) is 0 Å². The maximum Gasteiger partial charge on any atom is 0.342 e. The van der Waals surface area contributed by atoms with Gasteiger partial charge in [0.1, 0.15) is 11.1 Å². The molecule has 0 radical (unpaired) electrons. The lowest BCUT2D eigenvalue weighted by Gasteiger charge is -2.29. The van der Waals surface area contributed by atoms with Crippen LogP contribution >= 0.6 is 0 Å². The Morgan fingerprint density at radius 2 is 2.04 bits per heavy atom. The molecule has 23 heavy (non-hydrogen) atoms. The van der Waals surface area contributed by atoms with Crippen LogP contribution in [-0.4, -0.2) is 58.7 Å². The summed E-state index contributed by atoms with van der Waals surface area (Å²) >= 11 is 0. The van der Waals surface area contributed by atoms with E-state index in [1.807, 2.05) is 13.8 Å². The number of ether oxygens (including phenoxy) is 1. The van der Waals surface area contributed by atoms with Gasteiger partial charge >= 0.3 is 5.97 Å². The molecular formula is C15H22N6O2. The van der Waals surface area contributed by atoms with E-state index in [9.17, 15) is 4.79 Å². The number of aryl methyl sites for hydroxylation is 2. The highest BCUT2D eigenvalue weighted by molar-refractivity contribution is 6.05. The Morgan fingerprint density at radius 1 is 1.30 bits per heavy atom. The molecule has 0 saturated carbocycles. The van der Waals surface area contributed by atoms with Crippen LogP contribution in [0.4, 0.5) is 5.82 Å². The van der Waals surface area contributed by atoms with Crippen LogP contribution in [0.2, 0.25) is 0 Å². The molecule has 0 aromatic carbocycles. The molecular weight excluding hydrogens is 296 g/mol. The van der Waals surface area contributed by atoms with Crippen molar-refractivity contribution in [2.45, 2.75) is 27.3 Å². The molecule has 3 rings (SSSR count). The molecule has 1 aliphatic rings. The van der Waals surface area contributed by atoms with Crippen LogP contribution in [0.1, 0.15) is 29.9 Å². The molecule has 0 spiro atoms. The molecule has 3 heterocycles. The van der Waals surface area contributed by atoms with Crippen molar-refractivity contribution in [3.63, 3.8) is 0 Å². The minimum Gasteiger partial charge on any atom is -0.462 e. The topological polar surface area (TPSA) is 85.2 Å². The Labute approximate surface area is 134 Å². The Morgan fingerprint density at radius 3 is 2.70 bits per heavy atom.